The van der Waals surface area contributed by atoms with E-state index in [2.05, 4.69) is 50.0 Å². The van der Waals surface area contributed by atoms with Gasteiger partial charge >= 0.3 is 0 Å². The Bertz CT molecular complexity index is 424. The molecule has 1 aromatic heterocycles. The number of aromatic nitrogens is 1. The van der Waals surface area contributed by atoms with Crippen LogP contribution in [0.15, 0.2) is 24.3 Å². The first-order chi connectivity index (χ1) is 6.20. The number of aryl methyl sites for hydroxylation is 1. The smallest absolute Gasteiger partial charge is 0.0458 e. The van der Waals surface area contributed by atoms with E-state index in [4.69, 9.17) is 0 Å². The Hall–Kier alpha value is -1.24. The van der Waals surface area contributed by atoms with Gasteiger partial charge in [0.05, 0.1) is 0 Å². The van der Waals surface area contributed by atoms with Crippen LogP contribution in [0.5, 0.6) is 0 Å². The Morgan fingerprint density at radius 3 is 2.46 bits per heavy atom. The van der Waals surface area contributed by atoms with E-state index in [1.807, 2.05) is 0 Å². The minimum atomic E-state index is 0.576. The third kappa shape index (κ3) is 1.24. The lowest BCUT2D eigenvalue weighted by molar-refractivity contribution is 0.828. The van der Waals surface area contributed by atoms with Gasteiger partial charge in [-0.1, -0.05) is 32.0 Å². The largest absolute Gasteiger partial charge is 0.358 e. The summed E-state index contributed by atoms with van der Waals surface area (Å²) >= 11 is 0. The molecule has 68 valence electrons. The molecule has 1 nitrogen and oxygen atoms in total. The summed E-state index contributed by atoms with van der Waals surface area (Å²) in [6, 6.07) is 8.47. The maximum Gasteiger partial charge on any atom is 0.0458 e. The van der Waals surface area contributed by atoms with Gasteiger partial charge < -0.3 is 4.98 Å². The van der Waals surface area contributed by atoms with E-state index in [0.29, 0.717) is 5.92 Å². The molecule has 0 bridgehead atoms. The number of benzene rings is 1. The van der Waals surface area contributed by atoms with E-state index >= 15 is 0 Å². The Balaban J connectivity index is 2.74. The highest BCUT2D eigenvalue weighted by Crippen LogP contribution is 2.26. The molecule has 2 rings (SSSR count). The molecule has 1 heterocycles. The summed E-state index contributed by atoms with van der Waals surface area (Å²) in [6.45, 7) is 6.63. The van der Waals surface area contributed by atoms with Crippen molar-refractivity contribution >= 4 is 10.9 Å². The summed E-state index contributed by atoms with van der Waals surface area (Å²) in [5.41, 5.74) is 4.01. The molecule has 0 atom stereocenters. The first-order valence-electron chi connectivity index (χ1n) is 4.77. The van der Waals surface area contributed by atoms with Gasteiger partial charge in [-0.3, -0.25) is 0 Å². The molecule has 1 heteroatoms. The van der Waals surface area contributed by atoms with E-state index < -0.39 is 0 Å². The monoisotopic (exact) mass is 173 g/mol. The lowest BCUT2D eigenvalue weighted by atomic mass is 10.1. The fraction of sp³-hybridized carbons (Fsp3) is 0.333. The van der Waals surface area contributed by atoms with E-state index in [1.165, 1.54) is 22.2 Å². The molecule has 13 heavy (non-hydrogen) atoms. The minimum absolute atomic E-state index is 0.576. The highest BCUT2D eigenvalue weighted by Gasteiger charge is 2.08. The van der Waals surface area contributed by atoms with Crippen LogP contribution < -0.4 is 0 Å². The van der Waals surface area contributed by atoms with Crippen molar-refractivity contribution in [3.63, 3.8) is 0 Å². The van der Waals surface area contributed by atoms with Crippen molar-refractivity contribution in [2.24, 2.45) is 0 Å². The quantitative estimate of drug-likeness (QED) is 0.678. The highest BCUT2D eigenvalue weighted by atomic mass is 14.7. The topological polar surface area (TPSA) is 15.8 Å². The summed E-state index contributed by atoms with van der Waals surface area (Å²) in [6.07, 6.45) is 0. The number of hydrogen-bond acceptors (Lipinski definition) is 0. The standard InChI is InChI=1S/C12H15N/c1-8(2)12-9(3)10-6-4-5-7-11(10)13-12/h4-8,13H,1-3H3. The molecule has 0 saturated carbocycles. The number of fused-ring (bicyclic) bond motifs is 1. The SMILES string of the molecule is Cc1c(C(C)C)[nH]c2ccccc12. The van der Waals surface area contributed by atoms with Crippen LogP contribution in [-0.2, 0) is 0 Å². The van der Waals surface area contributed by atoms with Gasteiger partial charge in [0.1, 0.15) is 0 Å². The molecule has 0 radical (unpaired) electrons. The number of hydrogen-bond donors (Lipinski definition) is 1. The fourth-order valence-corrected chi connectivity index (χ4v) is 1.88. The highest BCUT2D eigenvalue weighted by molar-refractivity contribution is 5.84. The second-order valence-electron chi connectivity index (χ2n) is 3.86. The number of rotatable bonds is 1. The van der Waals surface area contributed by atoms with Crippen LogP contribution in [-0.4, -0.2) is 4.98 Å². The van der Waals surface area contributed by atoms with Crippen molar-refractivity contribution in [2.45, 2.75) is 26.7 Å². The number of para-hydroxylation sites is 1. The molecule has 1 N–H and O–H groups in total. The molecular weight excluding hydrogens is 158 g/mol. The summed E-state index contributed by atoms with van der Waals surface area (Å²) < 4.78 is 0. The van der Waals surface area contributed by atoms with Gasteiger partial charge in [0, 0.05) is 16.6 Å². The summed E-state index contributed by atoms with van der Waals surface area (Å²) in [4.78, 5) is 3.46. The van der Waals surface area contributed by atoms with Crippen molar-refractivity contribution < 1.29 is 0 Å². The molecule has 0 aliphatic rings. The van der Waals surface area contributed by atoms with Crippen LogP contribution in [0.3, 0.4) is 0 Å². The first-order valence-corrected chi connectivity index (χ1v) is 4.77. The summed E-state index contributed by atoms with van der Waals surface area (Å²) in [5, 5.41) is 1.35. The molecule has 0 fully saturated rings. The molecular formula is C12H15N. The van der Waals surface area contributed by atoms with Crippen molar-refractivity contribution in [1.29, 1.82) is 0 Å². The molecule has 0 spiro atoms. The van der Waals surface area contributed by atoms with Crippen LogP contribution in [0.2, 0.25) is 0 Å². The Morgan fingerprint density at radius 2 is 1.85 bits per heavy atom. The zero-order valence-corrected chi connectivity index (χ0v) is 8.39. The first kappa shape index (κ1) is 8.36. The van der Waals surface area contributed by atoms with Crippen LogP contribution in [0.25, 0.3) is 10.9 Å². The Kier molecular flexibility index (Phi) is 1.87. The maximum atomic E-state index is 3.46. The zero-order chi connectivity index (χ0) is 9.42. The molecule has 0 aliphatic heterocycles. The van der Waals surface area contributed by atoms with Crippen molar-refractivity contribution in [2.75, 3.05) is 0 Å². The van der Waals surface area contributed by atoms with E-state index in [9.17, 15) is 0 Å². The van der Waals surface area contributed by atoms with Gasteiger partial charge in [0.15, 0.2) is 0 Å². The predicted octanol–water partition coefficient (Wildman–Crippen LogP) is 3.60. The number of nitrogens with one attached hydrogen (secondary N) is 1. The average molecular weight is 173 g/mol. The molecule has 1 aromatic carbocycles. The van der Waals surface area contributed by atoms with Crippen molar-refractivity contribution in [3.8, 4) is 0 Å². The van der Waals surface area contributed by atoms with E-state index in [-0.39, 0.29) is 0 Å². The van der Waals surface area contributed by atoms with Crippen LogP contribution in [0, 0.1) is 6.92 Å². The fourth-order valence-electron chi connectivity index (χ4n) is 1.88. The van der Waals surface area contributed by atoms with E-state index in [0.717, 1.165) is 0 Å². The van der Waals surface area contributed by atoms with Crippen LogP contribution >= 0.6 is 0 Å². The number of aromatic amines is 1. The summed E-state index contributed by atoms with van der Waals surface area (Å²) in [7, 11) is 0. The lowest BCUT2D eigenvalue weighted by Gasteiger charge is -2.02. The predicted molar refractivity (Wildman–Crippen MR) is 57.1 cm³/mol. The van der Waals surface area contributed by atoms with Gasteiger partial charge in [0.25, 0.3) is 0 Å². The zero-order valence-electron chi connectivity index (χ0n) is 8.39. The summed E-state index contributed by atoms with van der Waals surface area (Å²) in [5.74, 6) is 0.576. The normalized spacial score (nSPS) is 11.4. The van der Waals surface area contributed by atoms with Crippen molar-refractivity contribution in [3.05, 3.63) is 35.5 Å². The molecule has 0 unspecified atom stereocenters. The van der Waals surface area contributed by atoms with Gasteiger partial charge in [-0.05, 0) is 24.5 Å². The minimum Gasteiger partial charge on any atom is -0.358 e. The van der Waals surface area contributed by atoms with E-state index in [1.54, 1.807) is 0 Å². The Morgan fingerprint density at radius 1 is 1.15 bits per heavy atom. The van der Waals surface area contributed by atoms with Gasteiger partial charge in [-0.25, -0.2) is 0 Å². The molecule has 0 saturated heterocycles. The lowest BCUT2D eigenvalue weighted by Crippen LogP contribution is -1.88. The second-order valence-corrected chi connectivity index (χ2v) is 3.86. The molecule has 2 aromatic rings. The third-order valence-electron chi connectivity index (χ3n) is 2.58. The third-order valence-corrected chi connectivity index (χ3v) is 2.58. The van der Waals surface area contributed by atoms with Gasteiger partial charge in [0.2, 0.25) is 0 Å². The molecule has 0 aliphatic carbocycles. The Labute approximate surface area is 78.8 Å². The van der Waals surface area contributed by atoms with Crippen LogP contribution in [0.1, 0.15) is 31.0 Å². The van der Waals surface area contributed by atoms with Crippen LogP contribution in [0.4, 0.5) is 0 Å². The molecule has 0 amide bonds. The van der Waals surface area contributed by atoms with Gasteiger partial charge in [-0.2, -0.15) is 0 Å². The number of H-pyrrole nitrogens is 1. The van der Waals surface area contributed by atoms with Crippen molar-refractivity contribution in [1.82, 2.24) is 4.98 Å². The van der Waals surface area contributed by atoms with Gasteiger partial charge in [-0.15, -0.1) is 0 Å². The average Bonchev–Trinajstić information content (AvgIpc) is 2.45. The second kappa shape index (κ2) is 2.91. The maximum absolute atomic E-state index is 3.46.